The van der Waals surface area contributed by atoms with Crippen LogP contribution in [0, 0.1) is 6.92 Å². The Labute approximate surface area is 122 Å². The minimum absolute atomic E-state index is 0.314. The van der Waals surface area contributed by atoms with E-state index in [4.69, 9.17) is 9.47 Å². The van der Waals surface area contributed by atoms with Gasteiger partial charge in [-0.1, -0.05) is 24.3 Å². The van der Waals surface area contributed by atoms with Crippen molar-refractivity contribution in [2.45, 2.75) is 25.6 Å². The average molecular weight is 288 g/mol. The van der Waals surface area contributed by atoms with Crippen molar-refractivity contribution in [3.8, 4) is 10.4 Å². The molecule has 1 fully saturated rings. The summed E-state index contributed by atoms with van der Waals surface area (Å²) in [6.45, 7) is 4.03. The van der Waals surface area contributed by atoms with E-state index < -0.39 is 11.7 Å². The maximum Gasteiger partial charge on any atom is 0.338 e. The average Bonchev–Trinajstić information content (AvgIpc) is 2.98. The molecular weight excluding hydrogens is 272 g/mol. The zero-order chi connectivity index (χ0) is 14.3. The molecule has 1 aliphatic heterocycles. The van der Waals surface area contributed by atoms with Gasteiger partial charge in [0.1, 0.15) is 5.60 Å². The SMILES string of the molecule is COC(=O)C1OC1(C)c1ccc(-c2sccc2C)cc1. The Hall–Kier alpha value is -1.65. The Balaban J connectivity index is 1.85. The highest BCUT2D eigenvalue weighted by Crippen LogP contribution is 2.46. The first-order valence-corrected chi connectivity index (χ1v) is 7.35. The van der Waals surface area contributed by atoms with Gasteiger partial charge in [0.25, 0.3) is 0 Å². The second-order valence-electron chi connectivity index (χ2n) is 5.14. The van der Waals surface area contributed by atoms with Crippen LogP contribution in [0.25, 0.3) is 10.4 Å². The lowest BCUT2D eigenvalue weighted by molar-refractivity contribution is -0.142. The summed E-state index contributed by atoms with van der Waals surface area (Å²) in [5, 5.41) is 2.09. The van der Waals surface area contributed by atoms with Gasteiger partial charge in [-0.2, -0.15) is 0 Å². The van der Waals surface area contributed by atoms with Gasteiger partial charge in [-0.05, 0) is 42.0 Å². The van der Waals surface area contributed by atoms with Crippen molar-refractivity contribution in [3.63, 3.8) is 0 Å². The summed E-state index contributed by atoms with van der Waals surface area (Å²) >= 11 is 1.74. The zero-order valence-electron chi connectivity index (χ0n) is 11.7. The Kier molecular flexibility index (Phi) is 3.15. The van der Waals surface area contributed by atoms with E-state index in [0.29, 0.717) is 0 Å². The van der Waals surface area contributed by atoms with Crippen molar-refractivity contribution in [2.75, 3.05) is 7.11 Å². The lowest BCUT2D eigenvalue weighted by atomic mass is 9.96. The summed E-state index contributed by atoms with van der Waals surface area (Å²) < 4.78 is 10.3. The number of epoxide rings is 1. The molecule has 0 bridgehead atoms. The van der Waals surface area contributed by atoms with Crippen LogP contribution in [-0.2, 0) is 19.9 Å². The fourth-order valence-corrected chi connectivity index (χ4v) is 3.37. The van der Waals surface area contributed by atoms with E-state index >= 15 is 0 Å². The predicted octanol–water partition coefficient (Wildman–Crippen LogP) is 3.51. The van der Waals surface area contributed by atoms with E-state index in [2.05, 4.69) is 30.5 Å². The van der Waals surface area contributed by atoms with Gasteiger partial charge in [0.15, 0.2) is 6.10 Å². The molecule has 1 aliphatic rings. The molecule has 20 heavy (non-hydrogen) atoms. The Morgan fingerprint density at radius 3 is 2.55 bits per heavy atom. The first-order chi connectivity index (χ1) is 9.56. The Bertz CT molecular complexity index is 644. The van der Waals surface area contributed by atoms with E-state index in [9.17, 15) is 4.79 Å². The minimum atomic E-state index is -0.546. The molecule has 1 aromatic heterocycles. The molecule has 3 nitrogen and oxygen atoms in total. The number of esters is 1. The summed E-state index contributed by atoms with van der Waals surface area (Å²) in [7, 11) is 1.38. The van der Waals surface area contributed by atoms with Crippen LogP contribution in [0.5, 0.6) is 0 Å². The first kappa shape index (κ1) is 13.3. The fraction of sp³-hybridized carbons (Fsp3) is 0.312. The molecule has 4 heteroatoms. The predicted molar refractivity (Wildman–Crippen MR) is 78.7 cm³/mol. The molecule has 0 radical (unpaired) electrons. The van der Waals surface area contributed by atoms with Crippen LogP contribution in [-0.4, -0.2) is 19.2 Å². The van der Waals surface area contributed by atoms with Crippen molar-refractivity contribution in [3.05, 3.63) is 46.8 Å². The standard InChI is InChI=1S/C16H16O3S/c1-10-8-9-20-13(10)11-4-6-12(7-5-11)16(2)14(19-16)15(17)18-3/h4-9,14H,1-3H3. The van der Waals surface area contributed by atoms with Crippen LogP contribution in [0.2, 0.25) is 0 Å². The van der Waals surface area contributed by atoms with Gasteiger partial charge in [0, 0.05) is 4.88 Å². The summed E-state index contributed by atoms with van der Waals surface area (Å²) in [6, 6.07) is 10.3. The maximum atomic E-state index is 11.5. The molecule has 1 saturated heterocycles. The second-order valence-corrected chi connectivity index (χ2v) is 6.05. The number of hydrogen-bond acceptors (Lipinski definition) is 4. The van der Waals surface area contributed by atoms with Crippen molar-refractivity contribution in [1.82, 2.24) is 0 Å². The number of aryl methyl sites for hydroxylation is 1. The van der Waals surface area contributed by atoms with E-state index in [1.165, 1.54) is 23.1 Å². The van der Waals surface area contributed by atoms with Gasteiger partial charge in [-0.15, -0.1) is 11.3 Å². The van der Waals surface area contributed by atoms with Crippen LogP contribution in [0.15, 0.2) is 35.7 Å². The highest BCUT2D eigenvalue weighted by atomic mass is 32.1. The largest absolute Gasteiger partial charge is 0.467 e. The molecule has 3 rings (SSSR count). The molecule has 0 spiro atoms. The minimum Gasteiger partial charge on any atom is -0.467 e. The summed E-state index contributed by atoms with van der Waals surface area (Å²) in [4.78, 5) is 12.8. The Morgan fingerprint density at radius 1 is 1.30 bits per heavy atom. The molecule has 2 atom stereocenters. The van der Waals surface area contributed by atoms with Crippen molar-refractivity contribution < 1.29 is 14.3 Å². The smallest absolute Gasteiger partial charge is 0.338 e. The van der Waals surface area contributed by atoms with Gasteiger partial charge in [0.05, 0.1) is 7.11 Å². The number of methoxy groups -OCH3 is 1. The molecule has 1 aromatic carbocycles. The number of thiophene rings is 1. The van der Waals surface area contributed by atoms with Gasteiger partial charge in [-0.25, -0.2) is 4.79 Å². The third-order valence-electron chi connectivity index (χ3n) is 3.80. The molecule has 2 unspecified atom stereocenters. The molecule has 0 aliphatic carbocycles. The molecular formula is C16H16O3S. The van der Waals surface area contributed by atoms with Crippen molar-refractivity contribution in [2.24, 2.45) is 0 Å². The maximum absolute atomic E-state index is 11.5. The van der Waals surface area contributed by atoms with Gasteiger partial charge in [-0.3, -0.25) is 0 Å². The quantitative estimate of drug-likeness (QED) is 0.641. The lowest BCUT2D eigenvalue weighted by Crippen LogP contribution is -2.17. The zero-order valence-corrected chi connectivity index (χ0v) is 12.5. The molecule has 0 N–H and O–H groups in total. The summed E-state index contributed by atoms with van der Waals surface area (Å²) in [6.07, 6.45) is -0.484. The third-order valence-corrected chi connectivity index (χ3v) is 4.87. The fourth-order valence-electron chi connectivity index (χ4n) is 2.43. The Morgan fingerprint density at radius 2 is 2.00 bits per heavy atom. The topological polar surface area (TPSA) is 38.8 Å². The number of rotatable bonds is 3. The van der Waals surface area contributed by atoms with E-state index in [0.717, 1.165) is 5.56 Å². The van der Waals surface area contributed by atoms with Gasteiger partial charge in [0.2, 0.25) is 0 Å². The first-order valence-electron chi connectivity index (χ1n) is 6.47. The second kappa shape index (κ2) is 4.72. The number of hydrogen-bond donors (Lipinski definition) is 0. The monoisotopic (exact) mass is 288 g/mol. The van der Waals surface area contributed by atoms with Crippen molar-refractivity contribution >= 4 is 17.3 Å². The van der Waals surface area contributed by atoms with Crippen molar-refractivity contribution in [1.29, 1.82) is 0 Å². The van der Waals surface area contributed by atoms with Crippen LogP contribution in [0.4, 0.5) is 0 Å². The molecule has 2 aromatic rings. The van der Waals surface area contributed by atoms with Crippen LogP contribution < -0.4 is 0 Å². The lowest BCUT2D eigenvalue weighted by Gasteiger charge is -2.08. The highest BCUT2D eigenvalue weighted by molar-refractivity contribution is 7.13. The van der Waals surface area contributed by atoms with E-state index in [-0.39, 0.29) is 5.97 Å². The third kappa shape index (κ3) is 2.05. The molecule has 2 heterocycles. The van der Waals surface area contributed by atoms with Crippen LogP contribution in [0.1, 0.15) is 18.1 Å². The summed E-state index contributed by atoms with van der Waals surface area (Å²) in [5.74, 6) is -0.314. The molecule has 0 saturated carbocycles. The normalized spacial score (nSPS) is 24.4. The number of carbonyl (C=O) groups excluding carboxylic acids is 1. The van der Waals surface area contributed by atoms with E-state index in [1.807, 2.05) is 19.1 Å². The highest BCUT2D eigenvalue weighted by Gasteiger charge is 2.59. The number of benzene rings is 1. The van der Waals surface area contributed by atoms with E-state index in [1.54, 1.807) is 11.3 Å². The molecule has 0 amide bonds. The van der Waals surface area contributed by atoms with Crippen LogP contribution >= 0.6 is 11.3 Å². The summed E-state index contributed by atoms with van der Waals surface area (Å²) in [5.41, 5.74) is 2.94. The van der Waals surface area contributed by atoms with Gasteiger partial charge < -0.3 is 9.47 Å². The number of carbonyl (C=O) groups is 1. The molecule has 104 valence electrons. The van der Waals surface area contributed by atoms with Gasteiger partial charge >= 0.3 is 5.97 Å². The number of ether oxygens (including phenoxy) is 2. The van der Waals surface area contributed by atoms with Crippen LogP contribution in [0.3, 0.4) is 0 Å².